The third kappa shape index (κ3) is 2.15. The topological polar surface area (TPSA) is 44.1 Å². The molecular formula is C12H10BrClN2O2. The molecule has 18 heavy (non-hydrogen) atoms. The highest BCUT2D eigenvalue weighted by atomic mass is 79.9. The minimum absolute atomic E-state index is 0.354. The number of esters is 1. The molecule has 2 aromatic rings. The van der Waals surface area contributed by atoms with Crippen LogP contribution < -0.4 is 0 Å². The fourth-order valence-electron chi connectivity index (χ4n) is 1.64. The Bertz CT molecular complexity index is 610. The SMILES string of the molecule is COC(=O)c1c(Br)c(-c2ccccc2Cl)nn1C. The van der Waals surface area contributed by atoms with Gasteiger partial charge in [-0.15, -0.1) is 0 Å². The second-order valence-electron chi connectivity index (χ2n) is 3.61. The summed E-state index contributed by atoms with van der Waals surface area (Å²) in [6, 6.07) is 7.32. The van der Waals surface area contributed by atoms with E-state index in [1.165, 1.54) is 11.8 Å². The number of methoxy groups -OCH3 is 1. The van der Waals surface area contributed by atoms with E-state index in [2.05, 4.69) is 21.0 Å². The van der Waals surface area contributed by atoms with Crippen molar-refractivity contribution in [1.82, 2.24) is 9.78 Å². The van der Waals surface area contributed by atoms with Crippen molar-refractivity contribution in [3.8, 4) is 11.3 Å². The first-order chi connectivity index (χ1) is 8.56. The van der Waals surface area contributed by atoms with Gasteiger partial charge in [0.1, 0.15) is 5.69 Å². The van der Waals surface area contributed by atoms with E-state index in [9.17, 15) is 4.79 Å². The number of hydrogen-bond donors (Lipinski definition) is 0. The monoisotopic (exact) mass is 328 g/mol. The first kappa shape index (κ1) is 13.1. The first-order valence-corrected chi connectivity index (χ1v) is 6.29. The van der Waals surface area contributed by atoms with Crippen LogP contribution in [0.1, 0.15) is 10.5 Å². The van der Waals surface area contributed by atoms with Crippen LogP contribution in [0.4, 0.5) is 0 Å². The van der Waals surface area contributed by atoms with E-state index in [0.29, 0.717) is 20.9 Å². The number of carbonyl (C=O) groups excluding carboxylic acids is 1. The van der Waals surface area contributed by atoms with Crippen LogP contribution in [0.15, 0.2) is 28.7 Å². The normalized spacial score (nSPS) is 10.4. The van der Waals surface area contributed by atoms with E-state index in [-0.39, 0.29) is 0 Å². The predicted molar refractivity (Wildman–Crippen MR) is 72.7 cm³/mol. The van der Waals surface area contributed by atoms with Crippen molar-refractivity contribution < 1.29 is 9.53 Å². The zero-order chi connectivity index (χ0) is 13.3. The van der Waals surface area contributed by atoms with E-state index in [4.69, 9.17) is 16.3 Å². The molecule has 1 heterocycles. The number of rotatable bonds is 2. The van der Waals surface area contributed by atoms with Gasteiger partial charge < -0.3 is 4.74 Å². The zero-order valence-electron chi connectivity index (χ0n) is 9.78. The van der Waals surface area contributed by atoms with Crippen molar-refractivity contribution in [2.45, 2.75) is 0 Å². The summed E-state index contributed by atoms with van der Waals surface area (Å²) in [5.41, 5.74) is 1.73. The standard InChI is InChI=1S/C12H10BrClN2O2/c1-16-11(12(17)18-2)9(13)10(15-16)7-5-3-4-6-8(7)14/h3-6H,1-2H3. The van der Waals surface area contributed by atoms with Crippen LogP contribution in [0.2, 0.25) is 5.02 Å². The van der Waals surface area contributed by atoms with Gasteiger partial charge in [-0.2, -0.15) is 5.10 Å². The Kier molecular flexibility index (Phi) is 3.73. The molecule has 0 atom stereocenters. The van der Waals surface area contributed by atoms with Crippen molar-refractivity contribution in [1.29, 1.82) is 0 Å². The van der Waals surface area contributed by atoms with Crippen LogP contribution in [-0.2, 0) is 11.8 Å². The molecule has 0 aliphatic rings. The molecule has 0 spiro atoms. The Labute approximate surface area is 118 Å². The van der Waals surface area contributed by atoms with Gasteiger partial charge >= 0.3 is 5.97 Å². The van der Waals surface area contributed by atoms with Crippen LogP contribution in [0.5, 0.6) is 0 Å². The highest BCUT2D eigenvalue weighted by Gasteiger charge is 2.22. The molecule has 0 radical (unpaired) electrons. The Morgan fingerprint density at radius 3 is 2.72 bits per heavy atom. The first-order valence-electron chi connectivity index (χ1n) is 5.12. The zero-order valence-corrected chi connectivity index (χ0v) is 12.1. The van der Waals surface area contributed by atoms with Gasteiger partial charge in [0.2, 0.25) is 0 Å². The average molecular weight is 330 g/mol. The number of hydrogen-bond acceptors (Lipinski definition) is 3. The molecule has 2 rings (SSSR count). The van der Waals surface area contributed by atoms with Crippen LogP contribution in [-0.4, -0.2) is 22.9 Å². The maximum atomic E-state index is 11.6. The maximum Gasteiger partial charge on any atom is 0.357 e. The highest BCUT2D eigenvalue weighted by Crippen LogP contribution is 2.34. The fourth-order valence-corrected chi connectivity index (χ4v) is 2.58. The molecule has 0 amide bonds. The summed E-state index contributed by atoms with van der Waals surface area (Å²) < 4.78 is 6.76. The molecule has 0 saturated heterocycles. The molecule has 0 saturated carbocycles. The average Bonchev–Trinajstić information content (AvgIpc) is 2.65. The smallest absolute Gasteiger partial charge is 0.357 e. The summed E-state index contributed by atoms with van der Waals surface area (Å²) in [5, 5.41) is 4.87. The summed E-state index contributed by atoms with van der Waals surface area (Å²) >= 11 is 9.49. The number of carbonyl (C=O) groups is 1. The third-order valence-corrected chi connectivity index (χ3v) is 3.58. The van der Waals surface area contributed by atoms with Gasteiger partial charge in [-0.05, 0) is 22.0 Å². The van der Waals surface area contributed by atoms with E-state index in [1.807, 2.05) is 18.2 Å². The van der Waals surface area contributed by atoms with Crippen LogP contribution in [0.25, 0.3) is 11.3 Å². The Hall–Kier alpha value is -1.33. The van der Waals surface area contributed by atoms with E-state index in [0.717, 1.165) is 5.56 Å². The second kappa shape index (κ2) is 5.12. The second-order valence-corrected chi connectivity index (χ2v) is 4.81. The number of halogens is 2. The van der Waals surface area contributed by atoms with Crippen molar-refractivity contribution in [3.05, 3.63) is 39.5 Å². The number of benzene rings is 1. The van der Waals surface area contributed by atoms with Crippen molar-refractivity contribution in [2.24, 2.45) is 7.05 Å². The minimum Gasteiger partial charge on any atom is -0.464 e. The molecule has 94 valence electrons. The van der Waals surface area contributed by atoms with Gasteiger partial charge in [-0.25, -0.2) is 4.79 Å². The van der Waals surface area contributed by atoms with Gasteiger partial charge in [0.25, 0.3) is 0 Å². The third-order valence-electron chi connectivity index (χ3n) is 2.50. The molecule has 6 heteroatoms. The predicted octanol–water partition coefficient (Wildman–Crippen LogP) is 3.29. The molecular weight excluding hydrogens is 320 g/mol. The summed E-state index contributed by atoms with van der Waals surface area (Å²) in [4.78, 5) is 11.6. The summed E-state index contributed by atoms with van der Waals surface area (Å²) in [7, 11) is 3.01. The molecule has 0 N–H and O–H groups in total. The van der Waals surface area contributed by atoms with Gasteiger partial charge in [0, 0.05) is 12.6 Å². The van der Waals surface area contributed by atoms with Gasteiger partial charge in [-0.3, -0.25) is 4.68 Å². The molecule has 0 aliphatic carbocycles. The number of aromatic nitrogens is 2. The van der Waals surface area contributed by atoms with Gasteiger partial charge in [0.05, 0.1) is 16.6 Å². The number of nitrogens with zero attached hydrogens (tertiary/aromatic N) is 2. The molecule has 1 aromatic heterocycles. The van der Waals surface area contributed by atoms with Crippen LogP contribution in [0.3, 0.4) is 0 Å². The summed E-state index contributed by atoms with van der Waals surface area (Å²) in [6.45, 7) is 0. The molecule has 0 aliphatic heterocycles. The van der Waals surface area contributed by atoms with E-state index < -0.39 is 5.97 Å². The lowest BCUT2D eigenvalue weighted by atomic mass is 10.1. The van der Waals surface area contributed by atoms with Crippen molar-refractivity contribution in [3.63, 3.8) is 0 Å². The van der Waals surface area contributed by atoms with Gasteiger partial charge in [-0.1, -0.05) is 29.8 Å². The molecule has 0 fully saturated rings. The largest absolute Gasteiger partial charge is 0.464 e. The minimum atomic E-state index is -0.449. The Morgan fingerprint density at radius 1 is 1.44 bits per heavy atom. The van der Waals surface area contributed by atoms with Gasteiger partial charge in [0.15, 0.2) is 5.69 Å². The van der Waals surface area contributed by atoms with Crippen molar-refractivity contribution >= 4 is 33.5 Å². The van der Waals surface area contributed by atoms with E-state index in [1.54, 1.807) is 13.1 Å². The lowest BCUT2D eigenvalue weighted by Gasteiger charge is -2.00. The number of aryl methyl sites for hydroxylation is 1. The Balaban J connectivity index is 2.62. The molecule has 1 aromatic carbocycles. The van der Waals surface area contributed by atoms with Crippen molar-refractivity contribution in [2.75, 3.05) is 7.11 Å². The highest BCUT2D eigenvalue weighted by molar-refractivity contribution is 9.10. The lowest BCUT2D eigenvalue weighted by Crippen LogP contribution is -2.08. The Morgan fingerprint density at radius 2 is 2.11 bits per heavy atom. The summed E-state index contributed by atoms with van der Waals surface area (Å²) in [5.74, 6) is -0.449. The lowest BCUT2D eigenvalue weighted by molar-refractivity contribution is 0.0587. The molecule has 0 unspecified atom stereocenters. The quantitative estimate of drug-likeness (QED) is 0.794. The molecule has 0 bridgehead atoms. The maximum absolute atomic E-state index is 11.6. The van der Waals surface area contributed by atoms with Crippen LogP contribution in [0, 0.1) is 0 Å². The van der Waals surface area contributed by atoms with E-state index >= 15 is 0 Å². The van der Waals surface area contributed by atoms with Crippen LogP contribution >= 0.6 is 27.5 Å². The summed E-state index contributed by atoms with van der Waals surface area (Å²) in [6.07, 6.45) is 0. The number of ether oxygens (including phenoxy) is 1. The fraction of sp³-hybridized carbons (Fsp3) is 0.167. The molecule has 4 nitrogen and oxygen atoms in total.